The van der Waals surface area contributed by atoms with Crippen LogP contribution in [0.4, 0.5) is 18.9 Å². The third-order valence-electron chi connectivity index (χ3n) is 5.73. The Morgan fingerprint density at radius 3 is 2.48 bits per heavy atom. The van der Waals surface area contributed by atoms with Gasteiger partial charge in [0.05, 0.1) is 23.8 Å². The van der Waals surface area contributed by atoms with E-state index in [1.807, 2.05) is 18.4 Å². The van der Waals surface area contributed by atoms with Gasteiger partial charge in [-0.1, -0.05) is 25.3 Å². The van der Waals surface area contributed by atoms with Crippen molar-refractivity contribution < 1.29 is 27.5 Å². The van der Waals surface area contributed by atoms with E-state index >= 15 is 0 Å². The highest BCUT2D eigenvalue weighted by Gasteiger charge is 2.33. The number of benzene rings is 1. The average Bonchev–Trinajstić information content (AvgIpc) is 3.15. The molecule has 0 aliphatic heterocycles. The van der Waals surface area contributed by atoms with E-state index in [9.17, 15) is 18.0 Å². The number of anilines is 1. The fourth-order valence-corrected chi connectivity index (χ4v) is 4.14. The van der Waals surface area contributed by atoms with Crippen molar-refractivity contribution in [1.29, 1.82) is 0 Å². The standard InChI is InChI=1S/C22H23F3N4O2.CH2O/c1-29-17-11-16(28-21(30)14-9-6-10-19(26-14)22(23,24)25)18(31-2)12-15(17)27-20(29)13-7-4-3-5-8-13;1-2/h6,9-13H,3-5,7-8H2,1-2H3,(H,28,30);1H2. The molecule has 10 heteroatoms. The van der Waals surface area contributed by atoms with Crippen LogP contribution in [-0.4, -0.2) is 34.3 Å². The highest BCUT2D eigenvalue weighted by Crippen LogP contribution is 2.36. The van der Waals surface area contributed by atoms with Crippen molar-refractivity contribution in [3.05, 3.63) is 47.5 Å². The maximum Gasteiger partial charge on any atom is 0.433 e. The molecule has 1 aliphatic carbocycles. The molecule has 0 bridgehead atoms. The summed E-state index contributed by atoms with van der Waals surface area (Å²) in [5, 5.41) is 2.63. The Morgan fingerprint density at radius 1 is 1.15 bits per heavy atom. The van der Waals surface area contributed by atoms with Gasteiger partial charge in [0.25, 0.3) is 5.91 Å². The van der Waals surface area contributed by atoms with Crippen molar-refractivity contribution in [3.8, 4) is 5.75 Å². The zero-order valence-electron chi connectivity index (χ0n) is 18.4. The van der Waals surface area contributed by atoms with E-state index in [2.05, 4.69) is 10.3 Å². The molecule has 0 atom stereocenters. The second-order valence-corrected chi connectivity index (χ2v) is 7.77. The molecule has 0 spiro atoms. The number of amides is 1. The van der Waals surface area contributed by atoms with Gasteiger partial charge in [-0.2, -0.15) is 13.2 Å². The zero-order chi connectivity index (χ0) is 24.2. The van der Waals surface area contributed by atoms with Crippen molar-refractivity contribution in [2.24, 2.45) is 7.05 Å². The SMILES string of the molecule is C=O.COc1cc2nc(C3CCCCC3)n(C)c2cc1NC(=O)c1cccc(C(F)(F)F)n1. The summed E-state index contributed by atoms with van der Waals surface area (Å²) in [6, 6.07) is 6.69. The number of aromatic nitrogens is 3. The summed E-state index contributed by atoms with van der Waals surface area (Å²) < 4.78 is 46.2. The number of alkyl halides is 3. The van der Waals surface area contributed by atoms with E-state index in [4.69, 9.17) is 14.5 Å². The number of rotatable bonds is 4. The molecule has 1 N–H and O–H groups in total. The number of carbonyl (C=O) groups excluding carboxylic acids is 2. The van der Waals surface area contributed by atoms with E-state index in [-0.39, 0.29) is 5.69 Å². The normalized spacial score (nSPS) is 14.5. The number of aryl methyl sites for hydroxylation is 1. The van der Waals surface area contributed by atoms with Crippen molar-refractivity contribution in [2.45, 2.75) is 44.2 Å². The lowest BCUT2D eigenvalue weighted by molar-refractivity contribution is -0.141. The molecule has 0 radical (unpaired) electrons. The van der Waals surface area contributed by atoms with Crippen molar-refractivity contribution >= 4 is 29.4 Å². The summed E-state index contributed by atoms with van der Waals surface area (Å²) in [5.74, 6) is 1.02. The Kier molecular flexibility index (Phi) is 7.35. The second kappa shape index (κ2) is 10.0. The largest absolute Gasteiger partial charge is 0.494 e. The fraction of sp³-hybridized carbons (Fsp3) is 0.391. The summed E-state index contributed by atoms with van der Waals surface area (Å²) in [7, 11) is 3.40. The summed E-state index contributed by atoms with van der Waals surface area (Å²) in [4.78, 5) is 28.9. The number of nitrogens with zero attached hydrogens (tertiary/aromatic N) is 3. The quantitative estimate of drug-likeness (QED) is 0.582. The van der Waals surface area contributed by atoms with E-state index in [1.165, 1.54) is 32.4 Å². The smallest absolute Gasteiger partial charge is 0.433 e. The molecule has 2 aromatic heterocycles. The molecule has 0 saturated heterocycles. The van der Waals surface area contributed by atoms with Gasteiger partial charge in [-0.15, -0.1) is 0 Å². The Labute approximate surface area is 189 Å². The minimum atomic E-state index is -4.63. The first-order chi connectivity index (χ1) is 15.8. The molecule has 1 amide bonds. The second-order valence-electron chi connectivity index (χ2n) is 7.77. The van der Waals surface area contributed by atoms with Crippen molar-refractivity contribution in [3.63, 3.8) is 0 Å². The summed E-state index contributed by atoms with van der Waals surface area (Å²) in [6.07, 6.45) is 1.17. The summed E-state index contributed by atoms with van der Waals surface area (Å²) in [6.45, 7) is 2.00. The third-order valence-corrected chi connectivity index (χ3v) is 5.73. The first-order valence-electron chi connectivity index (χ1n) is 10.5. The number of hydrogen-bond acceptors (Lipinski definition) is 5. The number of halogens is 3. The van der Waals surface area contributed by atoms with Gasteiger partial charge in [-0.05, 0) is 31.0 Å². The maximum absolute atomic E-state index is 12.9. The predicted octanol–water partition coefficient (Wildman–Crippen LogP) is 5.11. The molecule has 1 aromatic carbocycles. The number of hydrogen-bond donors (Lipinski definition) is 1. The molecule has 4 rings (SSSR count). The molecular formula is C23H25F3N4O3. The van der Waals surface area contributed by atoms with E-state index < -0.39 is 17.8 Å². The Bertz CT molecular complexity index is 1140. The highest BCUT2D eigenvalue weighted by molar-refractivity contribution is 6.04. The minimum absolute atomic E-state index is 0.329. The average molecular weight is 462 g/mol. The number of nitrogens with one attached hydrogen (secondary N) is 1. The molecule has 33 heavy (non-hydrogen) atoms. The molecule has 0 unspecified atom stereocenters. The molecule has 1 saturated carbocycles. The zero-order valence-corrected chi connectivity index (χ0v) is 18.4. The molecule has 7 nitrogen and oxygen atoms in total. The number of imidazole rings is 1. The number of methoxy groups -OCH3 is 1. The summed E-state index contributed by atoms with van der Waals surface area (Å²) in [5.41, 5.74) is 0.456. The summed E-state index contributed by atoms with van der Waals surface area (Å²) >= 11 is 0. The van der Waals surface area contributed by atoms with Crippen LogP contribution < -0.4 is 10.1 Å². The van der Waals surface area contributed by atoms with Gasteiger partial charge in [0.15, 0.2) is 0 Å². The monoisotopic (exact) mass is 462 g/mol. The lowest BCUT2D eigenvalue weighted by Crippen LogP contribution is -2.17. The van der Waals surface area contributed by atoms with Crippen LogP contribution in [0.1, 0.15) is 60.0 Å². The molecule has 3 aromatic rings. The van der Waals surface area contributed by atoms with Gasteiger partial charge in [0.2, 0.25) is 0 Å². The number of pyridine rings is 1. The molecule has 2 heterocycles. The van der Waals surface area contributed by atoms with Crippen LogP contribution in [-0.2, 0) is 18.0 Å². The lowest BCUT2D eigenvalue weighted by Gasteiger charge is -2.21. The van der Waals surface area contributed by atoms with Crippen LogP contribution in [0.2, 0.25) is 0 Å². The molecule has 1 fully saturated rings. The van der Waals surface area contributed by atoms with Gasteiger partial charge in [0, 0.05) is 19.0 Å². The lowest BCUT2D eigenvalue weighted by atomic mass is 9.89. The maximum atomic E-state index is 12.9. The first-order valence-corrected chi connectivity index (χ1v) is 10.5. The molecule has 1 aliphatic rings. The van der Waals surface area contributed by atoms with Crippen LogP contribution in [0.25, 0.3) is 11.0 Å². The Hall–Kier alpha value is -3.43. The topological polar surface area (TPSA) is 86.1 Å². The van der Waals surface area contributed by atoms with Crippen LogP contribution in [0.3, 0.4) is 0 Å². The van der Waals surface area contributed by atoms with E-state index in [1.54, 1.807) is 12.1 Å². The van der Waals surface area contributed by atoms with Gasteiger partial charge < -0.3 is 19.4 Å². The Balaban J connectivity index is 0.00000149. The third kappa shape index (κ3) is 5.15. The minimum Gasteiger partial charge on any atom is -0.494 e. The van der Waals surface area contributed by atoms with Crippen molar-refractivity contribution in [2.75, 3.05) is 12.4 Å². The Morgan fingerprint density at radius 2 is 1.85 bits per heavy atom. The number of ether oxygens (including phenoxy) is 1. The number of fused-ring (bicyclic) bond motifs is 1. The van der Waals surface area contributed by atoms with E-state index in [0.717, 1.165) is 41.8 Å². The van der Waals surface area contributed by atoms with Crippen LogP contribution in [0, 0.1) is 0 Å². The highest BCUT2D eigenvalue weighted by atomic mass is 19.4. The molecular weight excluding hydrogens is 437 g/mol. The fourth-order valence-electron chi connectivity index (χ4n) is 4.14. The van der Waals surface area contributed by atoms with Gasteiger partial charge in [-0.25, -0.2) is 9.97 Å². The molecule has 176 valence electrons. The van der Waals surface area contributed by atoms with E-state index in [0.29, 0.717) is 17.4 Å². The van der Waals surface area contributed by atoms with Gasteiger partial charge >= 0.3 is 6.18 Å². The van der Waals surface area contributed by atoms with Gasteiger partial charge in [-0.3, -0.25) is 4.79 Å². The van der Waals surface area contributed by atoms with Crippen molar-refractivity contribution in [1.82, 2.24) is 14.5 Å². The number of carbonyl (C=O) groups is 2. The van der Waals surface area contributed by atoms with Crippen LogP contribution >= 0.6 is 0 Å². The first kappa shape index (κ1) is 24.2. The predicted molar refractivity (Wildman–Crippen MR) is 117 cm³/mol. The van der Waals surface area contributed by atoms with Gasteiger partial charge in [0.1, 0.15) is 29.8 Å². The van der Waals surface area contributed by atoms with Crippen LogP contribution in [0.5, 0.6) is 5.75 Å². The van der Waals surface area contributed by atoms with Crippen LogP contribution in [0.15, 0.2) is 30.3 Å².